The zero-order valence-corrected chi connectivity index (χ0v) is 31.4. The molecule has 2 fully saturated rings. The van der Waals surface area contributed by atoms with Gasteiger partial charge in [-0.15, -0.1) is 0 Å². The molecule has 2 aromatic heterocycles. The van der Waals surface area contributed by atoms with Crippen LogP contribution in [0.15, 0.2) is 36.8 Å². The maximum atomic E-state index is 13.5. The minimum absolute atomic E-state index is 0.0400. The van der Waals surface area contributed by atoms with Crippen molar-refractivity contribution in [1.82, 2.24) is 29.2 Å². The summed E-state index contributed by atoms with van der Waals surface area (Å²) in [5, 5.41) is 60.8. The Morgan fingerprint density at radius 2 is 1.79 bits per heavy atom. The first kappa shape index (κ1) is 42.0. The molecule has 5 rings (SSSR count). The molecule has 2 aliphatic heterocycles. The predicted octanol–water partition coefficient (Wildman–Crippen LogP) is 0.366. The number of nitro benzene ring substituents is 1. The van der Waals surface area contributed by atoms with Crippen LogP contribution < -0.4 is 9.64 Å². The van der Waals surface area contributed by atoms with Crippen molar-refractivity contribution in [2.45, 2.75) is 63.1 Å². The van der Waals surface area contributed by atoms with Gasteiger partial charge in [0.25, 0.3) is 0 Å². The lowest BCUT2D eigenvalue weighted by Crippen LogP contribution is -2.61. The zero-order valence-electron chi connectivity index (χ0n) is 31.4. The number of rotatable bonds is 12. The number of carbonyl (C=O) groups is 4. The number of aliphatic hydroxyl groups excluding tert-OH is 3. The number of benzene rings is 1. The number of aromatic nitrogens is 3. The number of aliphatic hydroxyl groups is 3. The fraction of sp³-hybridized carbons (Fsp3) is 0.514. The molecular formula is C35H43N9O13. The van der Waals surface area contributed by atoms with Crippen molar-refractivity contribution in [3.8, 4) is 11.8 Å². The van der Waals surface area contributed by atoms with E-state index in [9.17, 15) is 49.7 Å². The summed E-state index contributed by atoms with van der Waals surface area (Å²) in [7, 11) is 4.85. The van der Waals surface area contributed by atoms with Gasteiger partial charge in [-0.1, -0.05) is 13.0 Å². The summed E-state index contributed by atoms with van der Waals surface area (Å²) in [5.41, 5.74) is -0.131. The van der Waals surface area contributed by atoms with E-state index < -0.39 is 71.8 Å². The van der Waals surface area contributed by atoms with Crippen LogP contribution >= 0.6 is 0 Å². The lowest BCUT2D eigenvalue weighted by atomic mass is 9.92. The number of fused-ring (bicyclic) bond motifs is 1. The molecule has 306 valence electrons. The number of piperidine rings is 1. The molecule has 1 aromatic carbocycles. The summed E-state index contributed by atoms with van der Waals surface area (Å²) in [6.45, 7) is 2.78. The van der Waals surface area contributed by atoms with Crippen molar-refractivity contribution in [3.05, 3.63) is 52.5 Å². The third-order valence-corrected chi connectivity index (χ3v) is 10.0. The van der Waals surface area contributed by atoms with Crippen molar-refractivity contribution >= 4 is 46.5 Å². The van der Waals surface area contributed by atoms with Crippen LogP contribution in [-0.2, 0) is 25.7 Å². The van der Waals surface area contributed by atoms with Gasteiger partial charge in [0, 0.05) is 59.6 Å². The second-order valence-corrected chi connectivity index (χ2v) is 13.8. The molecule has 3 aromatic rings. The highest BCUT2D eigenvalue weighted by Crippen LogP contribution is 2.33. The maximum Gasteiger partial charge on any atom is 0.409 e. The summed E-state index contributed by atoms with van der Waals surface area (Å²) in [4.78, 5) is 76.3. The number of aliphatic carboxylic acids is 1. The molecule has 4 N–H and O–H groups in total. The molecule has 57 heavy (non-hydrogen) atoms. The van der Waals surface area contributed by atoms with E-state index in [1.54, 1.807) is 24.2 Å². The van der Waals surface area contributed by atoms with Crippen LogP contribution in [0.25, 0.3) is 11.0 Å². The Labute approximate surface area is 325 Å². The van der Waals surface area contributed by atoms with Gasteiger partial charge in [0.05, 0.1) is 22.4 Å². The van der Waals surface area contributed by atoms with Crippen LogP contribution in [0.1, 0.15) is 25.3 Å². The number of ether oxygens (including phenoxy) is 3. The van der Waals surface area contributed by atoms with Gasteiger partial charge >= 0.3 is 23.8 Å². The first-order valence-corrected chi connectivity index (χ1v) is 17.7. The molecule has 0 radical (unpaired) electrons. The van der Waals surface area contributed by atoms with E-state index in [0.29, 0.717) is 29.9 Å². The van der Waals surface area contributed by atoms with E-state index in [4.69, 9.17) is 19.5 Å². The number of likely N-dealkylation sites (tertiary alicyclic amines) is 1. The van der Waals surface area contributed by atoms with E-state index in [0.717, 1.165) is 18.6 Å². The predicted molar refractivity (Wildman–Crippen MR) is 195 cm³/mol. The zero-order chi connectivity index (χ0) is 41.7. The highest BCUT2D eigenvalue weighted by atomic mass is 16.7. The summed E-state index contributed by atoms with van der Waals surface area (Å²) in [5.74, 6) is -1.56. The lowest BCUT2D eigenvalue weighted by molar-refractivity contribution is -0.387. The number of carboxylic acid groups (broad SMARTS) is 1. The van der Waals surface area contributed by atoms with Gasteiger partial charge in [0.1, 0.15) is 43.5 Å². The Morgan fingerprint density at radius 1 is 1.07 bits per heavy atom. The molecule has 2 saturated heterocycles. The van der Waals surface area contributed by atoms with Gasteiger partial charge < -0.3 is 54.2 Å². The normalized spacial score (nSPS) is 23.3. The molecule has 0 bridgehead atoms. The number of likely N-dealkylation sites (N-methyl/N-ethyl adjacent to an activating group) is 3. The average Bonchev–Trinajstić information content (AvgIpc) is 3.63. The number of amides is 3. The Bertz CT molecular complexity index is 2040. The fourth-order valence-electron chi connectivity index (χ4n) is 6.59. The second kappa shape index (κ2) is 17.8. The first-order valence-electron chi connectivity index (χ1n) is 17.7. The first-order chi connectivity index (χ1) is 27.0. The molecule has 22 nitrogen and oxygen atoms in total. The average molecular weight is 798 g/mol. The molecule has 4 heterocycles. The summed E-state index contributed by atoms with van der Waals surface area (Å²) >= 11 is 0. The maximum absolute atomic E-state index is 13.5. The number of nitrogens with zero attached hydrogens (tertiary/aromatic N) is 9. The smallest absolute Gasteiger partial charge is 0.409 e. The summed E-state index contributed by atoms with van der Waals surface area (Å²) in [6, 6.07) is 6.55. The third kappa shape index (κ3) is 9.12. The van der Waals surface area contributed by atoms with Crippen LogP contribution in [-0.4, -0.2) is 163 Å². The van der Waals surface area contributed by atoms with Gasteiger partial charge in [0.15, 0.2) is 17.5 Å². The Kier molecular flexibility index (Phi) is 13.1. The van der Waals surface area contributed by atoms with Crippen molar-refractivity contribution in [2.24, 2.45) is 5.92 Å². The molecule has 3 amide bonds. The van der Waals surface area contributed by atoms with E-state index in [1.807, 2.05) is 18.0 Å². The minimum Gasteiger partial charge on any atom is -0.479 e. The van der Waals surface area contributed by atoms with Crippen molar-refractivity contribution in [2.75, 3.05) is 52.2 Å². The van der Waals surface area contributed by atoms with Crippen molar-refractivity contribution in [1.29, 1.82) is 5.26 Å². The SMILES string of the molecule is C[C@@H]1CCN(C(=O)CC#N)C[C@@H]1N(C)c1ncnc2c1ccn2C(=O)N(C)CCN(C)C(=O)OCc1ccc(O[C@@H]2O[C@H](C(=O)O)[C@@H](O)[C@H](O)C2O)c([N+](=O)[O-])c1. The highest BCUT2D eigenvalue weighted by molar-refractivity contribution is 5.95. The van der Waals surface area contributed by atoms with E-state index >= 15 is 0 Å². The Balaban J connectivity index is 1.17. The molecule has 0 spiro atoms. The molecular weight excluding hydrogens is 754 g/mol. The lowest BCUT2D eigenvalue weighted by Gasteiger charge is -2.42. The van der Waals surface area contributed by atoms with Crippen LogP contribution in [0.4, 0.5) is 21.1 Å². The number of nitro groups is 1. The molecule has 1 unspecified atom stereocenters. The van der Waals surface area contributed by atoms with Crippen LogP contribution in [0.2, 0.25) is 0 Å². The van der Waals surface area contributed by atoms with Gasteiger partial charge in [-0.3, -0.25) is 19.5 Å². The standard InChI is InChI=1S/C35H43N9O13/c1-19-8-11-42(25(45)7-10-36)16-23(19)41(4)30-21-9-12-43(31(21)38-18-37-30)34(51)39(2)13-14-40(3)35(52)55-17-20-5-6-24(22(15-20)44(53)54)56-33-28(48)26(46)27(47)29(57-33)32(49)50/h5-6,9,12,15,18-19,23,26-29,33,46-48H,7-8,11,13-14,16-17H2,1-4H3,(H,49,50)/t19-,23+,26+,27+,28?,29+,33-/m1/s1. The van der Waals surface area contributed by atoms with Crippen molar-refractivity contribution in [3.63, 3.8) is 0 Å². The number of carbonyl (C=O) groups excluding carboxylic acids is 3. The highest BCUT2D eigenvalue weighted by Gasteiger charge is 2.48. The summed E-state index contributed by atoms with van der Waals surface area (Å²) < 4.78 is 17.0. The Hall–Kier alpha value is -6.15. The number of hydrogen-bond acceptors (Lipinski definition) is 16. The number of anilines is 1. The monoisotopic (exact) mass is 797 g/mol. The molecule has 2 aliphatic rings. The molecule has 0 aliphatic carbocycles. The minimum atomic E-state index is -1.98. The van der Waals surface area contributed by atoms with Gasteiger partial charge in [0.2, 0.25) is 12.2 Å². The van der Waals surface area contributed by atoms with Crippen LogP contribution in [0.5, 0.6) is 5.75 Å². The van der Waals surface area contributed by atoms with Crippen molar-refractivity contribution < 1.29 is 58.7 Å². The largest absolute Gasteiger partial charge is 0.479 e. The van der Waals surface area contributed by atoms with Crippen LogP contribution in [0, 0.1) is 27.4 Å². The number of hydrogen-bond donors (Lipinski definition) is 4. The van der Waals surface area contributed by atoms with Crippen LogP contribution in [0.3, 0.4) is 0 Å². The Morgan fingerprint density at radius 3 is 2.47 bits per heavy atom. The second-order valence-electron chi connectivity index (χ2n) is 13.8. The fourth-order valence-corrected chi connectivity index (χ4v) is 6.59. The molecule has 22 heteroatoms. The quantitative estimate of drug-likeness (QED) is 0.142. The van der Waals surface area contributed by atoms with Gasteiger partial charge in [-0.2, -0.15) is 5.26 Å². The number of nitriles is 1. The van der Waals surface area contributed by atoms with E-state index in [-0.39, 0.29) is 42.9 Å². The topological polar surface area (TPSA) is 287 Å². The van der Waals surface area contributed by atoms with Gasteiger partial charge in [-0.25, -0.2) is 24.4 Å². The van der Waals surface area contributed by atoms with E-state index in [2.05, 4.69) is 16.9 Å². The third-order valence-electron chi connectivity index (χ3n) is 10.0. The number of carboxylic acids is 1. The molecule has 0 saturated carbocycles. The summed E-state index contributed by atoms with van der Waals surface area (Å²) in [6.07, 6.45) is -7.10. The van der Waals surface area contributed by atoms with Gasteiger partial charge in [-0.05, 0) is 30.0 Å². The van der Waals surface area contributed by atoms with E-state index in [1.165, 1.54) is 33.8 Å². The molecule has 7 atom stereocenters.